The van der Waals surface area contributed by atoms with Gasteiger partial charge in [0.05, 0.1) is 13.2 Å². The monoisotopic (exact) mass is 383 g/mol. The van der Waals surface area contributed by atoms with E-state index in [1.165, 1.54) is 5.56 Å². The first-order valence-corrected chi connectivity index (χ1v) is 8.95. The molecule has 1 atom stereocenters. The molecule has 1 unspecified atom stereocenters. The van der Waals surface area contributed by atoms with Gasteiger partial charge in [-0.1, -0.05) is 38.1 Å². The second-order valence-electron chi connectivity index (χ2n) is 6.73. The molecular formula is C19H30ClN3O3. The van der Waals surface area contributed by atoms with Gasteiger partial charge in [-0.05, 0) is 17.0 Å². The maximum Gasteiger partial charge on any atom is 0.223 e. The summed E-state index contributed by atoms with van der Waals surface area (Å²) in [6.07, 6.45) is 0.416. The summed E-state index contributed by atoms with van der Waals surface area (Å²) in [4.78, 5) is 25.7. The van der Waals surface area contributed by atoms with Crippen molar-refractivity contribution in [1.29, 1.82) is 0 Å². The molecule has 0 radical (unpaired) electrons. The number of hydrogen-bond acceptors (Lipinski definition) is 4. The van der Waals surface area contributed by atoms with Gasteiger partial charge in [-0.25, -0.2) is 0 Å². The minimum Gasteiger partial charge on any atom is -0.378 e. The van der Waals surface area contributed by atoms with Crippen molar-refractivity contribution < 1.29 is 14.3 Å². The average Bonchev–Trinajstić information content (AvgIpc) is 2.64. The van der Waals surface area contributed by atoms with Gasteiger partial charge < -0.3 is 20.7 Å². The highest BCUT2D eigenvalue weighted by Gasteiger charge is 2.17. The van der Waals surface area contributed by atoms with Crippen LogP contribution < -0.4 is 11.1 Å². The normalized spacial score (nSPS) is 15.3. The van der Waals surface area contributed by atoms with Gasteiger partial charge in [-0.2, -0.15) is 0 Å². The summed E-state index contributed by atoms with van der Waals surface area (Å²) in [6.45, 7) is 7.02. The van der Waals surface area contributed by atoms with Crippen molar-refractivity contribution in [2.45, 2.75) is 38.6 Å². The van der Waals surface area contributed by atoms with Crippen molar-refractivity contribution in [3.05, 3.63) is 35.4 Å². The molecular weight excluding hydrogens is 354 g/mol. The van der Waals surface area contributed by atoms with Gasteiger partial charge in [0.1, 0.15) is 0 Å². The Morgan fingerprint density at radius 1 is 1.12 bits per heavy atom. The number of amides is 2. The van der Waals surface area contributed by atoms with Crippen molar-refractivity contribution in [3.63, 3.8) is 0 Å². The van der Waals surface area contributed by atoms with E-state index < -0.39 is 0 Å². The predicted octanol–water partition coefficient (Wildman–Crippen LogP) is 1.99. The average molecular weight is 384 g/mol. The Bertz CT molecular complexity index is 572. The van der Waals surface area contributed by atoms with Crippen LogP contribution in [0.15, 0.2) is 24.3 Å². The standard InChI is InChI=1S/C19H29N3O3.ClH/c1-14(2)15-3-5-16(6-4-15)17(20)13-21-18(23)7-8-19(24)22-9-11-25-12-10-22;/h3-6,14,17H,7-13,20H2,1-2H3,(H,21,23);1H. The smallest absolute Gasteiger partial charge is 0.223 e. The first-order valence-electron chi connectivity index (χ1n) is 8.95. The SMILES string of the molecule is CC(C)c1ccc(C(N)CNC(=O)CCC(=O)N2CCOCC2)cc1.Cl. The number of morpholine rings is 1. The second-order valence-corrected chi connectivity index (χ2v) is 6.73. The summed E-state index contributed by atoms with van der Waals surface area (Å²) in [5, 5.41) is 2.82. The van der Waals surface area contributed by atoms with Crippen LogP contribution in [0.1, 0.15) is 49.8 Å². The molecule has 3 N–H and O–H groups in total. The van der Waals surface area contributed by atoms with E-state index in [-0.39, 0.29) is 43.1 Å². The molecule has 1 aromatic rings. The van der Waals surface area contributed by atoms with Crippen molar-refractivity contribution in [1.82, 2.24) is 10.2 Å². The van der Waals surface area contributed by atoms with Gasteiger partial charge in [0.25, 0.3) is 0 Å². The Morgan fingerprint density at radius 2 is 1.69 bits per heavy atom. The van der Waals surface area contributed by atoms with Crippen LogP contribution in [-0.2, 0) is 14.3 Å². The van der Waals surface area contributed by atoms with Crippen molar-refractivity contribution in [3.8, 4) is 0 Å². The maximum absolute atomic E-state index is 12.0. The van der Waals surface area contributed by atoms with E-state index in [1.807, 2.05) is 12.1 Å². The first kappa shape index (κ1) is 22.4. The molecule has 1 aliphatic heterocycles. The molecule has 7 heteroatoms. The number of carbonyl (C=O) groups is 2. The lowest BCUT2D eigenvalue weighted by molar-refractivity contribution is -0.137. The largest absolute Gasteiger partial charge is 0.378 e. The van der Waals surface area contributed by atoms with Crippen molar-refractivity contribution >= 4 is 24.2 Å². The molecule has 0 saturated carbocycles. The van der Waals surface area contributed by atoms with Crippen LogP contribution in [0.3, 0.4) is 0 Å². The van der Waals surface area contributed by atoms with Gasteiger partial charge in [-0.15, -0.1) is 12.4 Å². The third-order valence-electron chi connectivity index (χ3n) is 4.48. The molecule has 2 amide bonds. The Kier molecular flexibility index (Phi) is 9.62. The molecule has 0 spiro atoms. The molecule has 1 aliphatic rings. The van der Waals surface area contributed by atoms with Gasteiger partial charge in [0.15, 0.2) is 0 Å². The van der Waals surface area contributed by atoms with E-state index in [1.54, 1.807) is 4.90 Å². The van der Waals surface area contributed by atoms with Crippen LogP contribution in [0.2, 0.25) is 0 Å². The molecule has 1 aromatic carbocycles. The highest BCUT2D eigenvalue weighted by molar-refractivity contribution is 5.85. The summed E-state index contributed by atoms with van der Waals surface area (Å²) in [5.74, 6) is 0.344. The molecule has 2 rings (SSSR count). The van der Waals surface area contributed by atoms with Crippen LogP contribution in [0.25, 0.3) is 0 Å². The number of hydrogen-bond donors (Lipinski definition) is 2. The molecule has 0 aliphatic carbocycles. The quantitative estimate of drug-likeness (QED) is 0.754. The van der Waals surface area contributed by atoms with E-state index in [0.717, 1.165) is 5.56 Å². The second kappa shape index (κ2) is 11.2. The lowest BCUT2D eigenvalue weighted by Gasteiger charge is -2.26. The Morgan fingerprint density at radius 3 is 2.27 bits per heavy atom. The van der Waals surface area contributed by atoms with Crippen LogP contribution in [-0.4, -0.2) is 49.6 Å². The van der Waals surface area contributed by atoms with Crippen LogP contribution in [0, 0.1) is 0 Å². The molecule has 0 aromatic heterocycles. The fraction of sp³-hybridized carbons (Fsp3) is 0.579. The number of nitrogens with two attached hydrogens (primary N) is 1. The summed E-state index contributed by atoms with van der Waals surface area (Å²) >= 11 is 0. The van der Waals surface area contributed by atoms with Crippen LogP contribution >= 0.6 is 12.4 Å². The highest BCUT2D eigenvalue weighted by Crippen LogP contribution is 2.17. The first-order chi connectivity index (χ1) is 12.0. The maximum atomic E-state index is 12.0. The number of rotatable bonds is 7. The number of nitrogens with one attached hydrogen (secondary N) is 1. The zero-order valence-electron chi connectivity index (χ0n) is 15.6. The van der Waals surface area contributed by atoms with E-state index in [0.29, 0.717) is 38.8 Å². The third-order valence-corrected chi connectivity index (χ3v) is 4.48. The van der Waals surface area contributed by atoms with Crippen molar-refractivity contribution in [2.24, 2.45) is 5.73 Å². The van der Waals surface area contributed by atoms with Gasteiger partial charge in [-0.3, -0.25) is 9.59 Å². The number of nitrogens with zero attached hydrogens (tertiary/aromatic N) is 1. The topological polar surface area (TPSA) is 84.7 Å². The Labute approximate surface area is 161 Å². The van der Waals surface area contributed by atoms with Crippen LogP contribution in [0.5, 0.6) is 0 Å². The van der Waals surface area contributed by atoms with Gasteiger partial charge in [0, 0.05) is 38.5 Å². The van der Waals surface area contributed by atoms with E-state index >= 15 is 0 Å². The fourth-order valence-electron chi connectivity index (χ4n) is 2.75. The predicted molar refractivity (Wildman–Crippen MR) is 104 cm³/mol. The zero-order valence-corrected chi connectivity index (χ0v) is 16.4. The number of benzene rings is 1. The van der Waals surface area contributed by atoms with Crippen molar-refractivity contribution in [2.75, 3.05) is 32.8 Å². The molecule has 1 saturated heterocycles. The van der Waals surface area contributed by atoms with E-state index in [4.69, 9.17) is 10.5 Å². The molecule has 6 nitrogen and oxygen atoms in total. The summed E-state index contributed by atoms with van der Waals surface area (Å²) in [5.41, 5.74) is 8.40. The third kappa shape index (κ3) is 6.94. The molecule has 146 valence electrons. The fourth-order valence-corrected chi connectivity index (χ4v) is 2.75. The highest BCUT2D eigenvalue weighted by atomic mass is 35.5. The summed E-state index contributed by atoms with van der Waals surface area (Å²) in [6, 6.07) is 7.91. The lowest BCUT2D eigenvalue weighted by atomic mass is 9.99. The summed E-state index contributed by atoms with van der Waals surface area (Å²) in [7, 11) is 0. The number of halogens is 1. The van der Waals surface area contributed by atoms with Gasteiger partial charge in [0.2, 0.25) is 11.8 Å². The molecule has 26 heavy (non-hydrogen) atoms. The minimum absolute atomic E-state index is 0. The van der Waals surface area contributed by atoms with Crippen LogP contribution in [0.4, 0.5) is 0 Å². The Hall–Kier alpha value is -1.63. The zero-order chi connectivity index (χ0) is 18.2. The molecule has 1 fully saturated rings. The van der Waals surface area contributed by atoms with E-state index in [2.05, 4.69) is 31.3 Å². The minimum atomic E-state index is -0.250. The van der Waals surface area contributed by atoms with Gasteiger partial charge >= 0.3 is 0 Å². The van der Waals surface area contributed by atoms with E-state index in [9.17, 15) is 9.59 Å². The molecule has 1 heterocycles. The Balaban J connectivity index is 0.00000338. The summed E-state index contributed by atoms with van der Waals surface area (Å²) < 4.78 is 5.22. The lowest BCUT2D eigenvalue weighted by Crippen LogP contribution is -2.41. The number of ether oxygens (including phenoxy) is 1. The molecule has 0 bridgehead atoms. The number of carbonyl (C=O) groups excluding carboxylic acids is 2.